The van der Waals surface area contributed by atoms with E-state index in [1.165, 1.54) is 6.07 Å². The molecule has 0 fully saturated rings. The van der Waals surface area contributed by atoms with Gasteiger partial charge in [-0.3, -0.25) is 4.72 Å². The first-order valence-electron chi connectivity index (χ1n) is 7.64. The van der Waals surface area contributed by atoms with Gasteiger partial charge in [0.25, 0.3) is 10.0 Å². The number of hydrogen-bond acceptors (Lipinski definition) is 5. The molecule has 26 heavy (non-hydrogen) atoms. The molecule has 0 amide bonds. The van der Waals surface area contributed by atoms with Gasteiger partial charge in [0.05, 0.1) is 12.8 Å². The maximum absolute atomic E-state index is 14.4. The highest BCUT2D eigenvalue weighted by Crippen LogP contribution is 2.38. The van der Waals surface area contributed by atoms with Crippen molar-refractivity contribution in [3.05, 3.63) is 58.2 Å². The van der Waals surface area contributed by atoms with Crippen LogP contribution >= 0.6 is 11.3 Å². The molecule has 1 N–H and O–H groups in total. The Morgan fingerprint density at radius 2 is 1.92 bits per heavy atom. The van der Waals surface area contributed by atoms with Crippen LogP contribution in [-0.4, -0.2) is 21.5 Å². The van der Waals surface area contributed by atoms with Crippen molar-refractivity contribution in [3.8, 4) is 0 Å². The number of sulfonamides is 1. The van der Waals surface area contributed by atoms with Crippen molar-refractivity contribution in [2.24, 2.45) is 0 Å². The zero-order chi connectivity index (χ0) is 19.1. The molecule has 0 aliphatic heterocycles. The van der Waals surface area contributed by atoms with Crippen molar-refractivity contribution in [3.63, 3.8) is 0 Å². The smallest absolute Gasteiger partial charge is 0.349 e. The molecule has 1 heterocycles. The molecule has 8 heteroatoms. The zero-order valence-electron chi connectivity index (χ0n) is 14.3. The molecule has 0 radical (unpaired) electrons. The molecule has 2 aromatic carbocycles. The maximum Gasteiger partial charge on any atom is 0.349 e. The average molecular weight is 393 g/mol. The van der Waals surface area contributed by atoms with Crippen LogP contribution < -0.4 is 4.72 Å². The van der Waals surface area contributed by atoms with Crippen molar-refractivity contribution in [1.29, 1.82) is 0 Å². The molecule has 0 aliphatic rings. The Labute approximate surface area is 154 Å². The van der Waals surface area contributed by atoms with Crippen LogP contribution in [0.3, 0.4) is 0 Å². The Kier molecular flexibility index (Phi) is 4.72. The second-order valence-electron chi connectivity index (χ2n) is 5.79. The number of nitrogens with one attached hydrogen (secondary N) is 1. The molecule has 1 aromatic heterocycles. The van der Waals surface area contributed by atoms with Crippen molar-refractivity contribution >= 4 is 43.1 Å². The van der Waals surface area contributed by atoms with Crippen LogP contribution in [-0.2, 0) is 14.8 Å². The summed E-state index contributed by atoms with van der Waals surface area (Å²) in [5.41, 5.74) is 2.06. The molecule has 0 aliphatic carbocycles. The number of aryl methyl sites for hydroxylation is 2. The lowest BCUT2D eigenvalue weighted by Gasteiger charge is -2.12. The third-order valence-electron chi connectivity index (χ3n) is 3.89. The molecule has 0 unspecified atom stereocenters. The standard InChI is InChI=1S/C18H16FNO4S2/c1-10-7-8-13(11(2)9-10)20-26(22,23)17-15-12(19)5-4-6-14(15)25-16(17)18(21)24-3/h4-9,20H,1-3H3. The lowest BCUT2D eigenvalue weighted by Crippen LogP contribution is -2.17. The van der Waals surface area contributed by atoms with E-state index in [2.05, 4.69) is 9.46 Å². The van der Waals surface area contributed by atoms with E-state index in [4.69, 9.17) is 0 Å². The summed E-state index contributed by atoms with van der Waals surface area (Å²) >= 11 is 0.881. The molecule has 0 saturated carbocycles. The summed E-state index contributed by atoms with van der Waals surface area (Å²) in [4.78, 5) is 11.5. The fourth-order valence-corrected chi connectivity index (χ4v) is 5.66. The minimum absolute atomic E-state index is 0.116. The van der Waals surface area contributed by atoms with Crippen LogP contribution in [0, 0.1) is 19.7 Å². The monoisotopic (exact) mass is 393 g/mol. The fourth-order valence-electron chi connectivity index (χ4n) is 2.69. The fraction of sp³-hybridized carbons (Fsp3) is 0.167. The highest BCUT2D eigenvalue weighted by Gasteiger charge is 2.31. The molecular formula is C18H16FNO4S2. The summed E-state index contributed by atoms with van der Waals surface area (Å²) in [5, 5.41) is -0.116. The van der Waals surface area contributed by atoms with E-state index in [1.807, 2.05) is 13.0 Å². The van der Waals surface area contributed by atoms with Crippen LogP contribution in [0.25, 0.3) is 10.1 Å². The Bertz CT molecular complexity index is 1120. The normalized spacial score (nSPS) is 11.5. The minimum Gasteiger partial charge on any atom is -0.465 e. The molecule has 0 saturated heterocycles. The second-order valence-corrected chi connectivity index (χ2v) is 8.46. The van der Waals surface area contributed by atoms with Crippen LogP contribution in [0.2, 0.25) is 0 Å². The number of ether oxygens (including phenoxy) is 1. The number of carbonyl (C=O) groups excluding carboxylic acids is 1. The number of hydrogen-bond donors (Lipinski definition) is 1. The number of benzene rings is 2. The Hall–Kier alpha value is -2.45. The minimum atomic E-state index is -4.22. The number of fused-ring (bicyclic) bond motifs is 1. The molecule has 3 aromatic rings. The summed E-state index contributed by atoms with van der Waals surface area (Å²) in [6.45, 7) is 3.65. The number of anilines is 1. The molecular weight excluding hydrogens is 377 g/mol. The lowest BCUT2D eigenvalue weighted by atomic mass is 10.1. The van der Waals surface area contributed by atoms with Gasteiger partial charge >= 0.3 is 5.97 Å². The third-order valence-corrected chi connectivity index (χ3v) is 6.59. The first kappa shape index (κ1) is 18.3. The zero-order valence-corrected chi connectivity index (χ0v) is 15.9. The van der Waals surface area contributed by atoms with E-state index < -0.39 is 26.7 Å². The van der Waals surface area contributed by atoms with Crippen molar-refractivity contribution in [2.45, 2.75) is 18.7 Å². The van der Waals surface area contributed by atoms with E-state index in [1.54, 1.807) is 25.1 Å². The Morgan fingerprint density at radius 1 is 1.19 bits per heavy atom. The van der Waals surface area contributed by atoms with Gasteiger partial charge in [0.2, 0.25) is 0 Å². The number of rotatable bonds is 4. The van der Waals surface area contributed by atoms with Gasteiger partial charge in [0.1, 0.15) is 15.6 Å². The van der Waals surface area contributed by atoms with Crippen LogP contribution in [0.15, 0.2) is 41.3 Å². The van der Waals surface area contributed by atoms with Crippen molar-refractivity contribution < 1.29 is 22.3 Å². The molecule has 5 nitrogen and oxygen atoms in total. The quantitative estimate of drug-likeness (QED) is 0.673. The highest BCUT2D eigenvalue weighted by atomic mass is 32.2. The topological polar surface area (TPSA) is 72.5 Å². The van der Waals surface area contributed by atoms with Crippen LogP contribution in [0.1, 0.15) is 20.8 Å². The predicted octanol–water partition coefficient (Wildman–Crippen LogP) is 4.24. The first-order valence-corrected chi connectivity index (χ1v) is 9.94. The van der Waals surface area contributed by atoms with Gasteiger partial charge in [0, 0.05) is 10.1 Å². The van der Waals surface area contributed by atoms with Gasteiger partial charge in [-0.25, -0.2) is 17.6 Å². The third kappa shape index (κ3) is 3.17. The molecule has 0 spiro atoms. The van der Waals surface area contributed by atoms with Gasteiger partial charge in [-0.15, -0.1) is 11.3 Å². The Morgan fingerprint density at radius 3 is 2.58 bits per heavy atom. The second kappa shape index (κ2) is 6.69. The maximum atomic E-state index is 14.4. The van der Waals surface area contributed by atoms with Gasteiger partial charge in [-0.05, 0) is 37.6 Å². The van der Waals surface area contributed by atoms with Gasteiger partial charge in [-0.2, -0.15) is 0 Å². The number of halogens is 1. The Balaban J connectivity index is 2.23. The molecule has 0 atom stereocenters. The lowest BCUT2D eigenvalue weighted by molar-refractivity contribution is 0.0602. The summed E-state index contributed by atoms with van der Waals surface area (Å²) in [6, 6.07) is 9.40. The van der Waals surface area contributed by atoms with Gasteiger partial charge < -0.3 is 4.74 Å². The number of methoxy groups -OCH3 is 1. The summed E-state index contributed by atoms with van der Waals surface area (Å²) in [6.07, 6.45) is 0. The average Bonchev–Trinajstić information content (AvgIpc) is 2.98. The van der Waals surface area contributed by atoms with E-state index in [0.29, 0.717) is 16.0 Å². The number of esters is 1. The van der Waals surface area contributed by atoms with Crippen LogP contribution in [0.5, 0.6) is 0 Å². The summed E-state index contributed by atoms with van der Waals surface area (Å²) < 4.78 is 47.9. The van der Waals surface area contributed by atoms with E-state index in [0.717, 1.165) is 30.1 Å². The summed E-state index contributed by atoms with van der Waals surface area (Å²) in [7, 11) is -3.07. The molecule has 0 bridgehead atoms. The van der Waals surface area contributed by atoms with E-state index >= 15 is 0 Å². The van der Waals surface area contributed by atoms with Crippen LogP contribution in [0.4, 0.5) is 10.1 Å². The first-order chi connectivity index (χ1) is 12.2. The van der Waals surface area contributed by atoms with Crippen molar-refractivity contribution in [1.82, 2.24) is 0 Å². The number of thiophene rings is 1. The molecule has 3 rings (SSSR count). The highest BCUT2D eigenvalue weighted by molar-refractivity contribution is 7.93. The largest absolute Gasteiger partial charge is 0.465 e. The predicted molar refractivity (Wildman–Crippen MR) is 99.8 cm³/mol. The van der Waals surface area contributed by atoms with Gasteiger partial charge in [0.15, 0.2) is 0 Å². The SMILES string of the molecule is COC(=O)c1sc2cccc(F)c2c1S(=O)(=O)Nc1ccc(C)cc1C. The van der Waals surface area contributed by atoms with E-state index in [-0.39, 0.29) is 10.3 Å². The van der Waals surface area contributed by atoms with Gasteiger partial charge in [-0.1, -0.05) is 23.8 Å². The molecule has 136 valence electrons. The summed E-state index contributed by atoms with van der Waals surface area (Å²) in [5.74, 6) is -1.54. The van der Waals surface area contributed by atoms with E-state index in [9.17, 15) is 17.6 Å². The number of carbonyl (C=O) groups is 1. The van der Waals surface area contributed by atoms with Crippen molar-refractivity contribution in [2.75, 3.05) is 11.8 Å².